The van der Waals surface area contributed by atoms with E-state index >= 15 is 0 Å². The maximum atomic E-state index is 12.7. The van der Waals surface area contributed by atoms with Gasteiger partial charge in [0, 0.05) is 4.88 Å². The molecule has 0 amide bonds. The average molecular weight is 454 g/mol. The third kappa shape index (κ3) is 4.38. The number of aromatic amines is 2. The third-order valence-corrected chi connectivity index (χ3v) is 7.47. The highest BCUT2D eigenvalue weighted by Gasteiger charge is 2.23. The number of thiophene rings is 1. The van der Waals surface area contributed by atoms with Crippen molar-refractivity contribution in [2.24, 2.45) is 5.92 Å². The Hall–Kier alpha value is -2.65. The molecular formula is C22H23N5O2S2. The molecule has 1 aliphatic carbocycles. The highest BCUT2D eigenvalue weighted by Crippen LogP contribution is 2.35. The van der Waals surface area contributed by atoms with Gasteiger partial charge in [0.1, 0.15) is 23.0 Å². The second-order valence-electron chi connectivity index (χ2n) is 8.00. The molecule has 9 heteroatoms. The number of nitrogens with zero attached hydrogens (tertiary/aromatic N) is 3. The molecule has 3 heterocycles. The van der Waals surface area contributed by atoms with Crippen LogP contribution in [0.1, 0.15) is 41.0 Å². The van der Waals surface area contributed by atoms with Gasteiger partial charge in [-0.15, -0.1) is 16.4 Å². The minimum atomic E-state index is -0.0326. The number of aryl methyl sites for hydroxylation is 2. The molecule has 0 fully saturated rings. The van der Waals surface area contributed by atoms with Gasteiger partial charge < -0.3 is 9.72 Å². The zero-order valence-electron chi connectivity index (χ0n) is 17.4. The quantitative estimate of drug-likeness (QED) is 0.420. The molecule has 1 aromatic carbocycles. The van der Waals surface area contributed by atoms with E-state index in [4.69, 9.17) is 9.72 Å². The van der Waals surface area contributed by atoms with Crippen LogP contribution in [0.2, 0.25) is 0 Å². The van der Waals surface area contributed by atoms with E-state index in [-0.39, 0.29) is 5.56 Å². The number of ether oxygens (including phenoxy) is 1. The van der Waals surface area contributed by atoms with E-state index in [2.05, 4.69) is 27.1 Å². The van der Waals surface area contributed by atoms with Crippen molar-refractivity contribution in [3.63, 3.8) is 0 Å². The largest absolute Gasteiger partial charge is 0.486 e. The molecule has 0 radical (unpaired) electrons. The van der Waals surface area contributed by atoms with Gasteiger partial charge in [0.05, 0.1) is 11.1 Å². The van der Waals surface area contributed by atoms with Gasteiger partial charge in [-0.1, -0.05) is 36.4 Å². The van der Waals surface area contributed by atoms with E-state index < -0.39 is 0 Å². The highest BCUT2D eigenvalue weighted by atomic mass is 32.2. The number of rotatable bonds is 6. The van der Waals surface area contributed by atoms with Gasteiger partial charge in [-0.05, 0) is 49.8 Å². The summed E-state index contributed by atoms with van der Waals surface area (Å²) in [6.45, 7) is 4.62. The molecular weight excluding hydrogens is 430 g/mol. The minimum absolute atomic E-state index is 0.0326. The molecule has 0 saturated heterocycles. The average Bonchev–Trinajstić information content (AvgIpc) is 3.35. The van der Waals surface area contributed by atoms with Crippen LogP contribution in [0.3, 0.4) is 0 Å². The molecule has 31 heavy (non-hydrogen) atoms. The second kappa shape index (κ2) is 8.47. The van der Waals surface area contributed by atoms with Crippen molar-refractivity contribution in [3.8, 4) is 5.75 Å². The normalized spacial score (nSPS) is 15.9. The monoisotopic (exact) mass is 453 g/mol. The van der Waals surface area contributed by atoms with Gasteiger partial charge in [0.15, 0.2) is 5.82 Å². The number of nitrogens with one attached hydrogen (secondary N) is 2. The number of thioether (sulfide) groups is 1. The molecule has 7 nitrogen and oxygen atoms in total. The molecule has 0 spiro atoms. The Kier molecular flexibility index (Phi) is 5.54. The van der Waals surface area contributed by atoms with E-state index in [9.17, 15) is 4.79 Å². The molecule has 0 bridgehead atoms. The minimum Gasteiger partial charge on any atom is -0.486 e. The summed E-state index contributed by atoms with van der Waals surface area (Å²) < 4.78 is 5.73. The molecule has 0 aliphatic heterocycles. The van der Waals surface area contributed by atoms with Crippen molar-refractivity contribution >= 4 is 33.3 Å². The van der Waals surface area contributed by atoms with Crippen molar-refractivity contribution in [1.29, 1.82) is 0 Å². The Morgan fingerprint density at radius 1 is 1.23 bits per heavy atom. The molecule has 1 atom stereocenters. The summed E-state index contributed by atoms with van der Waals surface area (Å²) >= 11 is 3.10. The lowest BCUT2D eigenvalue weighted by Gasteiger charge is -2.17. The van der Waals surface area contributed by atoms with Gasteiger partial charge in [-0.3, -0.25) is 9.89 Å². The SMILES string of the molecule is Cc1ccc(OCc2nc(SCc3nc4sc5c(c4c(=O)[nH]3)CCC(C)C5)n[nH]2)cc1. The number of hydrogen-bond acceptors (Lipinski definition) is 7. The summed E-state index contributed by atoms with van der Waals surface area (Å²) in [6, 6.07) is 7.88. The summed E-state index contributed by atoms with van der Waals surface area (Å²) in [5.41, 5.74) is 2.36. The molecule has 2 N–H and O–H groups in total. The fraction of sp³-hybridized carbons (Fsp3) is 0.364. The molecule has 1 aliphatic rings. The molecule has 1 unspecified atom stereocenters. The summed E-state index contributed by atoms with van der Waals surface area (Å²) in [5.74, 6) is 3.26. The third-order valence-electron chi connectivity index (χ3n) is 5.46. The van der Waals surface area contributed by atoms with Crippen LogP contribution in [-0.4, -0.2) is 25.1 Å². The first-order chi connectivity index (χ1) is 15.0. The van der Waals surface area contributed by atoms with Crippen LogP contribution in [0.4, 0.5) is 0 Å². The summed E-state index contributed by atoms with van der Waals surface area (Å²) in [5, 5.41) is 8.53. The van der Waals surface area contributed by atoms with E-state index in [0.717, 1.165) is 35.2 Å². The van der Waals surface area contributed by atoms with E-state index in [1.54, 1.807) is 11.3 Å². The van der Waals surface area contributed by atoms with Gasteiger partial charge in [-0.25, -0.2) is 9.97 Å². The summed E-state index contributed by atoms with van der Waals surface area (Å²) in [4.78, 5) is 27.0. The van der Waals surface area contributed by atoms with E-state index in [1.807, 2.05) is 31.2 Å². The lowest BCUT2D eigenvalue weighted by Crippen LogP contribution is -2.14. The summed E-state index contributed by atoms with van der Waals surface area (Å²) in [7, 11) is 0. The maximum Gasteiger partial charge on any atom is 0.259 e. The molecule has 3 aromatic heterocycles. The maximum absolute atomic E-state index is 12.7. The van der Waals surface area contributed by atoms with Crippen molar-refractivity contribution in [2.45, 2.75) is 50.6 Å². The molecule has 160 valence electrons. The Morgan fingerprint density at radius 2 is 2.06 bits per heavy atom. The zero-order chi connectivity index (χ0) is 21.4. The lowest BCUT2D eigenvalue weighted by atomic mass is 9.89. The van der Waals surface area contributed by atoms with Crippen molar-refractivity contribution in [2.75, 3.05) is 0 Å². The van der Waals surface area contributed by atoms with Crippen LogP contribution in [0, 0.1) is 12.8 Å². The Morgan fingerprint density at radius 3 is 2.90 bits per heavy atom. The van der Waals surface area contributed by atoms with E-state index in [1.165, 1.54) is 27.8 Å². The van der Waals surface area contributed by atoms with Crippen molar-refractivity contribution < 1.29 is 4.74 Å². The Labute approximate surface area is 187 Å². The van der Waals surface area contributed by atoms with Crippen LogP contribution >= 0.6 is 23.1 Å². The van der Waals surface area contributed by atoms with E-state index in [0.29, 0.717) is 35.1 Å². The van der Waals surface area contributed by atoms with Gasteiger partial charge in [0.25, 0.3) is 5.56 Å². The fourth-order valence-corrected chi connectivity index (χ4v) is 5.88. The van der Waals surface area contributed by atoms with Crippen LogP contribution in [0.25, 0.3) is 10.2 Å². The fourth-order valence-electron chi connectivity index (χ4n) is 3.79. The van der Waals surface area contributed by atoms with Gasteiger partial charge >= 0.3 is 0 Å². The Bertz CT molecular complexity index is 1280. The molecule has 4 aromatic rings. The van der Waals surface area contributed by atoms with Crippen LogP contribution in [0.5, 0.6) is 5.75 Å². The van der Waals surface area contributed by atoms with Gasteiger partial charge in [0.2, 0.25) is 5.16 Å². The smallest absolute Gasteiger partial charge is 0.259 e. The van der Waals surface area contributed by atoms with Crippen molar-refractivity contribution in [1.82, 2.24) is 25.1 Å². The second-order valence-corrected chi connectivity index (χ2v) is 10.0. The molecule has 0 saturated carbocycles. The highest BCUT2D eigenvalue weighted by molar-refractivity contribution is 7.98. The summed E-state index contributed by atoms with van der Waals surface area (Å²) in [6.07, 6.45) is 3.15. The number of benzene rings is 1. The van der Waals surface area contributed by atoms with Gasteiger partial charge in [-0.2, -0.15) is 0 Å². The Balaban J connectivity index is 1.25. The predicted octanol–water partition coefficient (Wildman–Crippen LogP) is 4.41. The van der Waals surface area contributed by atoms with Crippen LogP contribution in [0.15, 0.2) is 34.2 Å². The van der Waals surface area contributed by atoms with Crippen LogP contribution < -0.4 is 10.3 Å². The topological polar surface area (TPSA) is 96.6 Å². The lowest BCUT2D eigenvalue weighted by molar-refractivity contribution is 0.296. The first-order valence-corrected chi connectivity index (χ1v) is 12.1. The standard InChI is InChI=1S/C22H23N5O2S2/c1-12-3-6-14(7-4-12)29-10-17-25-22(27-26-17)30-11-18-23-20(28)19-15-8-5-13(2)9-16(15)31-21(19)24-18/h3-4,6-7,13H,5,8-11H2,1-2H3,(H,23,24,28)(H,25,26,27). The van der Waals surface area contributed by atoms with Crippen molar-refractivity contribution in [3.05, 3.63) is 62.3 Å². The zero-order valence-corrected chi connectivity index (χ0v) is 19.0. The number of fused-ring (bicyclic) bond motifs is 3. The first kappa shape index (κ1) is 20.3. The predicted molar refractivity (Wildman–Crippen MR) is 123 cm³/mol. The number of H-pyrrole nitrogens is 2. The first-order valence-electron chi connectivity index (χ1n) is 10.3. The number of aromatic nitrogens is 5. The molecule has 5 rings (SSSR count). The number of hydrogen-bond donors (Lipinski definition) is 2. The van der Waals surface area contributed by atoms with Crippen LogP contribution in [-0.2, 0) is 25.2 Å².